The summed E-state index contributed by atoms with van der Waals surface area (Å²) in [5.74, 6) is -1.41. The van der Waals surface area contributed by atoms with Gasteiger partial charge in [-0.2, -0.15) is 4.31 Å². The van der Waals surface area contributed by atoms with Crippen molar-refractivity contribution >= 4 is 27.7 Å². The summed E-state index contributed by atoms with van der Waals surface area (Å²) in [4.78, 5) is 35.3. The minimum atomic E-state index is -3.64. The summed E-state index contributed by atoms with van der Waals surface area (Å²) in [6, 6.07) is 5.47. The van der Waals surface area contributed by atoms with Gasteiger partial charge in [0.05, 0.1) is 24.7 Å². The van der Waals surface area contributed by atoms with Gasteiger partial charge in [0.1, 0.15) is 0 Å². The number of amides is 3. The van der Waals surface area contributed by atoms with Crippen LogP contribution in [0.5, 0.6) is 0 Å². The van der Waals surface area contributed by atoms with Crippen LogP contribution in [0.2, 0.25) is 0 Å². The van der Waals surface area contributed by atoms with Crippen LogP contribution in [0.3, 0.4) is 0 Å². The van der Waals surface area contributed by atoms with Crippen LogP contribution >= 0.6 is 0 Å². The van der Waals surface area contributed by atoms with E-state index < -0.39 is 21.8 Å². The fraction of sp³-hybridized carbons (Fsp3) is 0.500. The molecule has 3 N–H and O–H groups in total. The Kier molecular flexibility index (Phi) is 8.55. The Morgan fingerprint density at radius 3 is 2.28 bits per heavy atom. The Morgan fingerprint density at radius 2 is 1.66 bits per heavy atom. The molecule has 3 amide bonds. The van der Waals surface area contributed by atoms with Crippen LogP contribution in [0.1, 0.15) is 36.5 Å². The number of carbonyl (C=O) groups excluding carboxylic acids is 3. The summed E-state index contributed by atoms with van der Waals surface area (Å²) in [5, 5.41) is 2.41. The van der Waals surface area contributed by atoms with E-state index >= 15 is 0 Å². The number of sulfonamides is 1. The van der Waals surface area contributed by atoms with E-state index in [0.717, 1.165) is 12.8 Å². The summed E-state index contributed by atoms with van der Waals surface area (Å²) in [6.07, 6.45) is 1.89. The molecule has 1 aromatic carbocycles. The number of ether oxygens (including phenoxy) is 1. The number of morpholine rings is 1. The molecule has 0 saturated carbocycles. The average Bonchev–Trinajstić information content (AvgIpc) is 2.75. The normalized spacial score (nSPS) is 14.8. The number of unbranched alkanes of at least 4 members (excludes halogenated alkanes) is 1. The summed E-state index contributed by atoms with van der Waals surface area (Å²) < 4.78 is 31.6. The molecule has 0 atom stereocenters. The number of hydrogen-bond donors (Lipinski definition) is 3. The van der Waals surface area contributed by atoms with Gasteiger partial charge in [0.25, 0.3) is 11.8 Å². The largest absolute Gasteiger partial charge is 0.379 e. The fourth-order valence-electron chi connectivity index (χ4n) is 2.56. The van der Waals surface area contributed by atoms with Crippen LogP contribution < -0.4 is 16.2 Å². The molecule has 2 rings (SSSR count). The number of carbonyl (C=O) groups is 3. The first-order valence-electron chi connectivity index (χ1n) is 9.38. The highest BCUT2D eigenvalue weighted by molar-refractivity contribution is 7.89. The number of nitrogens with zero attached hydrogens (tertiary/aromatic N) is 1. The highest BCUT2D eigenvalue weighted by atomic mass is 32.2. The van der Waals surface area contributed by atoms with E-state index in [1.165, 1.54) is 28.6 Å². The number of nitrogens with one attached hydrogen (secondary N) is 3. The lowest BCUT2D eigenvalue weighted by Gasteiger charge is -2.26. The summed E-state index contributed by atoms with van der Waals surface area (Å²) in [5.41, 5.74) is 4.69. The van der Waals surface area contributed by atoms with Crippen molar-refractivity contribution < 1.29 is 27.5 Å². The van der Waals surface area contributed by atoms with Gasteiger partial charge in [-0.25, -0.2) is 8.42 Å². The zero-order chi connectivity index (χ0) is 21.3. The SMILES string of the molecule is CCCCC(=O)NNC(=O)CNC(=O)c1ccc(S(=O)(=O)N2CCOCC2)cc1. The van der Waals surface area contributed by atoms with Gasteiger partial charge in [-0.05, 0) is 30.7 Å². The van der Waals surface area contributed by atoms with E-state index in [0.29, 0.717) is 19.6 Å². The predicted molar refractivity (Wildman–Crippen MR) is 104 cm³/mol. The Hall–Kier alpha value is -2.50. The molecule has 0 unspecified atom stereocenters. The van der Waals surface area contributed by atoms with Crippen LogP contribution in [0.25, 0.3) is 0 Å². The Morgan fingerprint density at radius 1 is 1.03 bits per heavy atom. The van der Waals surface area contributed by atoms with Crippen LogP contribution in [0.4, 0.5) is 0 Å². The summed E-state index contributed by atoms with van der Waals surface area (Å²) in [7, 11) is -3.64. The lowest BCUT2D eigenvalue weighted by Crippen LogP contribution is -2.46. The van der Waals surface area contributed by atoms with Gasteiger partial charge in [-0.15, -0.1) is 0 Å². The lowest BCUT2D eigenvalue weighted by molar-refractivity contribution is -0.128. The molecule has 1 fully saturated rings. The second-order valence-electron chi connectivity index (χ2n) is 6.42. The number of hydrazine groups is 1. The molecular formula is C18H26N4O6S. The fourth-order valence-corrected chi connectivity index (χ4v) is 3.97. The van der Waals surface area contributed by atoms with E-state index in [2.05, 4.69) is 16.2 Å². The second kappa shape index (κ2) is 10.9. The van der Waals surface area contributed by atoms with Crippen molar-refractivity contribution in [3.05, 3.63) is 29.8 Å². The highest BCUT2D eigenvalue weighted by Crippen LogP contribution is 2.17. The summed E-state index contributed by atoms with van der Waals surface area (Å²) in [6.45, 7) is 2.89. The Balaban J connectivity index is 1.84. The van der Waals surface area contributed by atoms with E-state index in [4.69, 9.17) is 4.74 Å². The molecule has 10 nitrogen and oxygen atoms in total. The van der Waals surface area contributed by atoms with Crippen molar-refractivity contribution in [2.45, 2.75) is 31.1 Å². The Bertz CT molecular complexity index is 819. The monoisotopic (exact) mass is 426 g/mol. The first kappa shape index (κ1) is 22.8. The molecule has 1 aliphatic rings. The molecule has 0 spiro atoms. The zero-order valence-electron chi connectivity index (χ0n) is 16.3. The maximum Gasteiger partial charge on any atom is 0.257 e. The molecule has 11 heteroatoms. The van der Waals surface area contributed by atoms with Crippen molar-refractivity contribution in [1.29, 1.82) is 0 Å². The molecule has 1 aliphatic heterocycles. The first-order valence-corrected chi connectivity index (χ1v) is 10.8. The molecule has 0 radical (unpaired) electrons. The average molecular weight is 426 g/mol. The molecular weight excluding hydrogens is 400 g/mol. The third-order valence-electron chi connectivity index (χ3n) is 4.23. The Labute approximate surface area is 170 Å². The van der Waals surface area contributed by atoms with E-state index in [-0.39, 0.29) is 36.0 Å². The molecule has 0 aliphatic carbocycles. The highest BCUT2D eigenvalue weighted by Gasteiger charge is 2.26. The van der Waals surface area contributed by atoms with Gasteiger partial charge in [-0.1, -0.05) is 13.3 Å². The van der Waals surface area contributed by atoms with Crippen molar-refractivity contribution in [1.82, 2.24) is 20.5 Å². The first-order chi connectivity index (χ1) is 13.8. The van der Waals surface area contributed by atoms with E-state index in [1.807, 2.05) is 6.92 Å². The minimum Gasteiger partial charge on any atom is -0.379 e. The van der Waals surface area contributed by atoms with Gasteiger partial charge >= 0.3 is 0 Å². The van der Waals surface area contributed by atoms with Gasteiger partial charge in [0.15, 0.2) is 0 Å². The molecule has 1 aromatic rings. The standard InChI is InChI=1S/C18H26N4O6S/c1-2-3-4-16(23)20-21-17(24)13-19-18(25)14-5-7-15(8-6-14)29(26,27)22-9-11-28-12-10-22/h5-8H,2-4,9-13H2,1H3,(H,19,25)(H,20,23)(H,21,24). The van der Waals surface area contributed by atoms with Crippen molar-refractivity contribution in [2.75, 3.05) is 32.8 Å². The molecule has 160 valence electrons. The number of benzene rings is 1. The zero-order valence-corrected chi connectivity index (χ0v) is 17.1. The second-order valence-corrected chi connectivity index (χ2v) is 8.36. The van der Waals surface area contributed by atoms with E-state index in [9.17, 15) is 22.8 Å². The molecule has 0 bridgehead atoms. The van der Waals surface area contributed by atoms with Crippen LogP contribution in [0.15, 0.2) is 29.2 Å². The molecule has 0 aromatic heterocycles. The van der Waals surface area contributed by atoms with Gasteiger partial charge < -0.3 is 10.1 Å². The molecule has 1 saturated heterocycles. The third-order valence-corrected chi connectivity index (χ3v) is 6.15. The van der Waals surface area contributed by atoms with Crippen LogP contribution in [0, 0.1) is 0 Å². The van der Waals surface area contributed by atoms with E-state index in [1.54, 1.807) is 0 Å². The summed E-state index contributed by atoms with van der Waals surface area (Å²) >= 11 is 0. The van der Waals surface area contributed by atoms with Gasteiger partial charge in [-0.3, -0.25) is 25.2 Å². The predicted octanol–water partition coefficient (Wildman–Crippen LogP) is -0.225. The smallest absolute Gasteiger partial charge is 0.257 e. The maximum atomic E-state index is 12.6. The van der Waals surface area contributed by atoms with Crippen LogP contribution in [-0.4, -0.2) is 63.3 Å². The van der Waals surface area contributed by atoms with Crippen molar-refractivity contribution in [3.8, 4) is 0 Å². The minimum absolute atomic E-state index is 0.0866. The number of hydrogen-bond acceptors (Lipinski definition) is 6. The van der Waals surface area contributed by atoms with Crippen LogP contribution in [-0.2, 0) is 24.3 Å². The van der Waals surface area contributed by atoms with Crippen molar-refractivity contribution in [2.24, 2.45) is 0 Å². The quantitative estimate of drug-likeness (QED) is 0.492. The van der Waals surface area contributed by atoms with Gasteiger partial charge in [0, 0.05) is 25.1 Å². The molecule has 29 heavy (non-hydrogen) atoms. The molecule has 1 heterocycles. The maximum absolute atomic E-state index is 12.6. The lowest BCUT2D eigenvalue weighted by atomic mass is 10.2. The van der Waals surface area contributed by atoms with Crippen molar-refractivity contribution in [3.63, 3.8) is 0 Å². The third kappa shape index (κ3) is 6.80. The number of rotatable bonds is 8. The van der Waals surface area contributed by atoms with Gasteiger partial charge in [0.2, 0.25) is 15.9 Å². The topological polar surface area (TPSA) is 134 Å².